The largest absolute Gasteiger partial charge is 0.386 e. The summed E-state index contributed by atoms with van der Waals surface area (Å²) in [4.78, 5) is 4.49. The minimum atomic E-state index is -3.64. The van der Waals surface area contributed by atoms with Gasteiger partial charge in [-0.1, -0.05) is 42.5 Å². The molecule has 3 N–H and O–H groups in total. The molecule has 1 heterocycles. The third-order valence-corrected chi connectivity index (χ3v) is 5.78. The van der Waals surface area contributed by atoms with Crippen LogP contribution in [0.2, 0.25) is 0 Å². The molecule has 6 nitrogen and oxygen atoms in total. The maximum absolute atomic E-state index is 11.6. The fourth-order valence-corrected chi connectivity index (χ4v) is 4.25. The first-order chi connectivity index (χ1) is 14.1. The van der Waals surface area contributed by atoms with Crippen LogP contribution in [0.5, 0.6) is 0 Å². The standard InChI is InChI=1S/C23H23N3O3S/c1-23(2,27)18-10-11-22-21(13-18)25-15-26(22)19-8-5-7-16(12-19)20-9-4-3-6-17(20)14-30(24,28)29/h3-13,15,27H,14H2,1-2H3,(H2,24,28,29). The molecule has 0 atom stereocenters. The van der Waals surface area contributed by atoms with Gasteiger partial charge in [0, 0.05) is 5.69 Å². The monoisotopic (exact) mass is 421 g/mol. The van der Waals surface area contributed by atoms with Gasteiger partial charge in [-0.3, -0.25) is 4.57 Å². The highest BCUT2D eigenvalue weighted by Crippen LogP contribution is 2.29. The van der Waals surface area contributed by atoms with Crippen LogP contribution in [0.25, 0.3) is 27.8 Å². The number of aromatic nitrogens is 2. The molecule has 30 heavy (non-hydrogen) atoms. The molecule has 154 valence electrons. The zero-order valence-corrected chi connectivity index (χ0v) is 17.6. The van der Waals surface area contributed by atoms with Gasteiger partial charge in [0.05, 0.1) is 22.4 Å². The molecule has 0 aliphatic carbocycles. The zero-order valence-electron chi connectivity index (χ0n) is 16.8. The maximum atomic E-state index is 11.6. The SMILES string of the molecule is CC(C)(O)c1ccc2c(c1)ncn2-c1cccc(-c2ccccc2CS(N)(=O)=O)c1. The highest BCUT2D eigenvalue weighted by molar-refractivity contribution is 7.88. The molecule has 0 aliphatic heterocycles. The van der Waals surface area contributed by atoms with Crippen molar-refractivity contribution >= 4 is 21.1 Å². The fraction of sp³-hybridized carbons (Fsp3) is 0.174. The summed E-state index contributed by atoms with van der Waals surface area (Å²) in [5.74, 6) is -0.221. The molecule has 4 rings (SSSR count). The van der Waals surface area contributed by atoms with Gasteiger partial charge >= 0.3 is 0 Å². The second kappa shape index (κ2) is 7.36. The van der Waals surface area contributed by atoms with E-state index in [1.165, 1.54) is 0 Å². The molecule has 0 fully saturated rings. The first-order valence-corrected chi connectivity index (χ1v) is 11.2. The summed E-state index contributed by atoms with van der Waals surface area (Å²) in [7, 11) is -3.64. The molecule has 0 spiro atoms. The molecule has 3 aromatic carbocycles. The van der Waals surface area contributed by atoms with Crippen molar-refractivity contribution < 1.29 is 13.5 Å². The number of nitrogens with zero attached hydrogens (tertiary/aromatic N) is 2. The topological polar surface area (TPSA) is 98.2 Å². The van der Waals surface area contributed by atoms with Crippen molar-refractivity contribution in [1.29, 1.82) is 0 Å². The molecule has 0 radical (unpaired) electrons. The predicted octanol–water partition coefficient (Wildman–Crippen LogP) is 3.71. The van der Waals surface area contributed by atoms with E-state index in [9.17, 15) is 13.5 Å². The lowest BCUT2D eigenvalue weighted by Crippen LogP contribution is -2.15. The lowest BCUT2D eigenvalue weighted by Gasteiger charge is -2.17. The van der Waals surface area contributed by atoms with Crippen molar-refractivity contribution in [2.75, 3.05) is 0 Å². The van der Waals surface area contributed by atoms with E-state index in [2.05, 4.69) is 4.98 Å². The summed E-state index contributed by atoms with van der Waals surface area (Å²) >= 11 is 0. The minimum absolute atomic E-state index is 0.221. The highest BCUT2D eigenvalue weighted by Gasteiger charge is 2.17. The van der Waals surface area contributed by atoms with E-state index >= 15 is 0 Å². The minimum Gasteiger partial charge on any atom is -0.386 e. The van der Waals surface area contributed by atoms with E-state index in [1.807, 2.05) is 59.2 Å². The van der Waals surface area contributed by atoms with Crippen LogP contribution in [0, 0.1) is 0 Å². The summed E-state index contributed by atoms with van der Waals surface area (Å²) < 4.78 is 25.2. The Morgan fingerprint density at radius 2 is 1.80 bits per heavy atom. The van der Waals surface area contributed by atoms with Crippen LogP contribution in [0.4, 0.5) is 0 Å². The van der Waals surface area contributed by atoms with Crippen LogP contribution in [0.15, 0.2) is 73.1 Å². The molecular formula is C23H23N3O3S. The number of imidazole rings is 1. The summed E-state index contributed by atoms with van der Waals surface area (Å²) in [6.45, 7) is 3.49. The van der Waals surface area contributed by atoms with Gasteiger partial charge in [-0.25, -0.2) is 18.5 Å². The molecule has 0 aliphatic rings. The van der Waals surface area contributed by atoms with Crippen LogP contribution in [-0.4, -0.2) is 23.1 Å². The van der Waals surface area contributed by atoms with Crippen molar-refractivity contribution in [3.8, 4) is 16.8 Å². The number of nitrogens with two attached hydrogens (primary N) is 1. The lowest BCUT2D eigenvalue weighted by atomic mass is 9.98. The number of hydrogen-bond acceptors (Lipinski definition) is 4. The van der Waals surface area contributed by atoms with Gasteiger partial charge in [0.15, 0.2) is 0 Å². The Kier molecular flexibility index (Phi) is 4.97. The van der Waals surface area contributed by atoms with Crippen molar-refractivity contribution in [3.05, 3.63) is 84.2 Å². The van der Waals surface area contributed by atoms with Crippen LogP contribution in [0.1, 0.15) is 25.0 Å². The van der Waals surface area contributed by atoms with E-state index in [1.54, 1.807) is 32.3 Å². The number of fused-ring (bicyclic) bond motifs is 1. The third-order valence-electron chi connectivity index (χ3n) is 5.06. The number of primary sulfonamides is 1. The Labute approximate surface area is 175 Å². The Hall–Kier alpha value is -3.00. The van der Waals surface area contributed by atoms with Gasteiger partial charge in [0.1, 0.15) is 6.33 Å². The van der Waals surface area contributed by atoms with Gasteiger partial charge < -0.3 is 5.11 Å². The number of sulfonamides is 1. The summed E-state index contributed by atoms with van der Waals surface area (Å²) in [6.07, 6.45) is 1.74. The van der Waals surface area contributed by atoms with E-state index in [0.29, 0.717) is 5.56 Å². The Morgan fingerprint density at radius 1 is 1.03 bits per heavy atom. The van der Waals surface area contributed by atoms with Gasteiger partial charge in [0.25, 0.3) is 0 Å². The van der Waals surface area contributed by atoms with E-state index < -0.39 is 15.6 Å². The van der Waals surface area contributed by atoms with Gasteiger partial charge in [-0.2, -0.15) is 0 Å². The van der Waals surface area contributed by atoms with Gasteiger partial charge in [-0.15, -0.1) is 0 Å². The quantitative estimate of drug-likeness (QED) is 0.513. The van der Waals surface area contributed by atoms with E-state index in [-0.39, 0.29) is 5.75 Å². The molecule has 0 saturated carbocycles. The Balaban J connectivity index is 1.79. The second-order valence-electron chi connectivity index (χ2n) is 7.89. The lowest BCUT2D eigenvalue weighted by molar-refractivity contribution is 0.0787. The smallest absolute Gasteiger partial charge is 0.213 e. The maximum Gasteiger partial charge on any atom is 0.213 e. The third kappa shape index (κ3) is 4.14. The summed E-state index contributed by atoms with van der Waals surface area (Å²) in [5.41, 5.74) is 4.83. The van der Waals surface area contributed by atoms with E-state index in [0.717, 1.165) is 33.4 Å². The van der Waals surface area contributed by atoms with Crippen LogP contribution >= 0.6 is 0 Å². The Bertz CT molecular complexity index is 1340. The molecule has 0 saturated heterocycles. The zero-order chi connectivity index (χ0) is 21.5. The Morgan fingerprint density at radius 3 is 2.53 bits per heavy atom. The highest BCUT2D eigenvalue weighted by atomic mass is 32.2. The molecule has 0 unspecified atom stereocenters. The number of hydrogen-bond donors (Lipinski definition) is 2. The first kappa shape index (κ1) is 20.3. The van der Waals surface area contributed by atoms with Crippen molar-refractivity contribution in [1.82, 2.24) is 9.55 Å². The van der Waals surface area contributed by atoms with Gasteiger partial charge in [0.2, 0.25) is 10.0 Å². The molecular weight excluding hydrogens is 398 g/mol. The summed E-state index contributed by atoms with van der Waals surface area (Å²) in [5, 5.41) is 15.5. The molecule has 7 heteroatoms. The van der Waals surface area contributed by atoms with Crippen molar-refractivity contribution in [2.24, 2.45) is 5.14 Å². The number of benzene rings is 3. The molecule has 0 amide bonds. The molecule has 4 aromatic rings. The summed E-state index contributed by atoms with van der Waals surface area (Å²) in [6, 6.07) is 20.9. The van der Waals surface area contributed by atoms with Gasteiger partial charge in [-0.05, 0) is 60.4 Å². The average molecular weight is 422 g/mol. The second-order valence-corrected chi connectivity index (χ2v) is 9.51. The predicted molar refractivity (Wildman–Crippen MR) is 119 cm³/mol. The first-order valence-electron chi connectivity index (χ1n) is 9.51. The molecule has 0 bridgehead atoms. The average Bonchev–Trinajstić information content (AvgIpc) is 3.10. The fourth-order valence-electron chi connectivity index (χ4n) is 3.57. The molecule has 1 aromatic heterocycles. The number of aliphatic hydroxyl groups is 1. The normalized spacial score (nSPS) is 12.4. The van der Waals surface area contributed by atoms with Crippen molar-refractivity contribution in [2.45, 2.75) is 25.2 Å². The van der Waals surface area contributed by atoms with Crippen LogP contribution in [0.3, 0.4) is 0 Å². The van der Waals surface area contributed by atoms with E-state index in [4.69, 9.17) is 5.14 Å². The van der Waals surface area contributed by atoms with Crippen LogP contribution < -0.4 is 5.14 Å². The van der Waals surface area contributed by atoms with Crippen LogP contribution in [-0.2, 0) is 21.4 Å². The number of rotatable bonds is 5. The van der Waals surface area contributed by atoms with Crippen molar-refractivity contribution in [3.63, 3.8) is 0 Å².